The Hall–Kier alpha value is -3.35. The van der Waals surface area contributed by atoms with Crippen molar-refractivity contribution in [3.63, 3.8) is 0 Å². The van der Waals surface area contributed by atoms with Gasteiger partial charge in [-0.1, -0.05) is 18.2 Å². The number of rotatable bonds is 5. The number of methoxy groups -OCH3 is 2. The van der Waals surface area contributed by atoms with E-state index in [1.165, 1.54) is 11.7 Å². The Kier molecular flexibility index (Phi) is 5.12. The van der Waals surface area contributed by atoms with Gasteiger partial charge in [0.15, 0.2) is 5.69 Å². The van der Waals surface area contributed by atoms with E-state index in [0.717, 1.165) is 5.56 Å². The molecule has 1 heterocycles. The molecule has 0 saturated carbocycles. The third-order valence-electron chi connectivity index (χ3n) is 4.42. The van der Waals surface area contributed by atoms with Crippen molar-refractivity contribution in [2.24, 2.45) is 7.05 Å². The van der Waals surface area contributed by atoms with E-state index in [1.807, 2.05) is 13.0 Å². The van der Waals surface area contributed by atoms with Gasteiger partial charge in [-0.05, 0) is 31.2 Å². The molecule has 1 aromatic heterocycles. The van der Waals surface area contributed by atoms with E-state index < -0.39 is 0 Å². The minimum absolute atomic E-state index is 0.196. The SMILES string of the molecule is COc1ccc(OC)c([C@H](C)NC(=O)c2nn(C)c(=O)c3ccccc23)c1. The lowest BCUT2D eigenvalue weighted by molar-refractivity contribution is 0.0934. The summed E-state index contributed by atoms with van der Waals surface area (Å²) < 4.78 is 11.8. The monoisotopic (exact) mass is 367 g/mol. The Morgan fingerprint density at radius 2 is 1.81 bits per heavy atom. The number of hydrogen-bond acceptors (Lipinski definition) is 5. The highest BCUT2D eigenvalue weighted by molar-refractivity contribution is 6.04. The molecule has 0 aliphatic carbocycles. The molecular formula is C20H21N3O4. The maximum Gasteiger partial charge on any atom is 0.274 e. The van der Waals surface area contributed by atoms with Gasteiger partial charge >= 0.3 is 0 Å². The molecule has 140 valence electrons. The van der Waals surface area contributed by atoms with Gasteiger partial charge in [-0.2, -0.15) is 5.10 Å². The highest BCUT2D eigenvalue weighted by Gasteiger charge is 2.20. The molecule has 1 amide bonds. The number of carbonyl (C=O) groups is 1. The second-order valence-corrected chi connectivity index (χ2v) is 6.13. The maximum atomic E-state index is 12.9. The van der Waals surface area contributed by atoms with Crippen LogP contribution in [0, 0.1) is 0 Å². The first-order chi connectivity index (χ1) is 13.0. The third kappa shape index (κ3) is 3.48. The predicted octanol–water partition coefficient (Wildman–Crippen LogP) is 2.44. The molecular weight excluding hydrogens is 346 g/mol. The van der Waals surface area contributed by atoms with Crippen molar-refractivity contribution in [1.29, 1.82) is 0 Å². The minimum Gasteiger partial charge on any atom is -0.497 e. The molecule has 7 nitrogen and oxygen atoms in total. The second kappa shape index (κ2) is 7.49. The van der Waals surface area contributed by atoms with E-state index in [-0.39, 0.29) is 23.2 Å². The van der Waals surface area contributed by atoms with Crippen molar-refractivity contribution in [3.8, 4) is 11.5 Å². The Morgan fingerprint density at radius 3 is 2.48 bits per heavy atom. The number of benzene rings is 2. The van der Waals surface area contributed by atoms with E-state index in [0.29, 0.717) is 22.3 Å². The van der Waals surface area contributed by atoms with Gasteiger partial charge in [-0.15, -0.1) is 0 Å². The normalized spacial score (nSPS) is 11.9. The van der Waals surface area contributed by atoms with Gasteiger partial charge in [0.25, 0.3) is 11.5 Å². The molecule has 0 aliphatic heterocycles. The number of fused-ring (bicyclic) bond motifs is 1. The molecule has 0 fully saturated rings. The molecule has 2 aromatic carbocycles. The molecule has 0 saturated heterocycles. The molecule has 1 atom stereocenters. The molecule has 3 rings (SSSR count). The van der Waals surface area contributed by atoms with Crippen LogP contribution in [-0.4, -0.2) is 29.9 Å². The summed E-state index contributed by atoms with van der Waals surface area (Å²) in [7, 11) is 4.68. The predicted molar refractivity (Wildman–Crippen MR) is 102 cm³/mol. The van der Waals surface area contributed by atoms with Crippen molar-refractivity contribution in [2.45, 2.75) is 13.0 Å². The van der Waals surface area contributed by atoms with Gasteiger partial charge in [-0.25, -0.2) is 4.68 Å². The average molecular weight is 367 g/mol. The van der Waals surface area contributed by atoms with Crippen LogP contribution >= 0.6 is 0 Å². The number of aromatic nitrogens is 2. The lowest BCUT2D eigenvalue weighted by atomic mass is 10.1. The average Bonchev–Trinajstić information content (AvgIpc) is 2.70. The zero-order valence-corrected chi connectivity index (χ0v) is 15.6. The van der Waals surface area contributed by atoms with Crippen molar-refractivity contribution in [3.05, 3.63) is 64.1 Å². The first-order valence-corrected chi connectivity index (χ1v) is 8.45. The van der Waals surface area contributed by atoms with Gasteiger partial charge < -0.3 is 14.8 Å². The first kappa shape index (κ1) is 18.4. The Bertz CT molecular complexity index is 1060. The number of carbonyl (C=O) groups excluding carboxylic acids is 1. The molecule has 0 bridgehead atoms. The number of ether oxygens (including phenoxy) is 2. The number of nitrogens with zero attached hydrogens (tertiary/aromatic N) is 2. The maximum absolute atomic E-state index is 12.9. The summed E-state index contributed by atoms with van der Waals surface area (Å²) >= 11 is 0. The van der Waals surface area contributed by atoms with Crippen LogP contribution in [0.25, 0.3) is 10.8 Å². The summed E-state index contributed by atoms with van der Waals surface area (Å²) in [5.41, 5.74) is 0.727. The smallest absolute Gasteiger partial charge is 0.274 e. The van der Waals surface area contributed by atoms with Crippen molar-refractivity contribution < 1.29 is 14.3 Å². The number of aryl methyl sites for hydroxylation is 1. The summed E-state index contributed by atoms with van der Waals surface area (Å²) in [6.07, 6.45) is 0. The van der Waals surface area contributed by atoms with Crippen LogP contribution in [0.2, 0.25) is 0 Å². The third-order valence-corrected chi connectivity index (χ3v) is 4.42. The van der Waals surface area contributed by atoms with Gasteiger partial charge in [0.1, 0.15) is 11.5 Å². The van der Waals surface area contributed by atoms with Crippen LogP contribution in [0.3, 0.4) is 0 Å². The van der Waals surface area contributed by atoms with Crippen LogP contribution in [0.5, 0.6) is 11.5 Å². The summed E-state index contributed by atoms with van der Waals surface area (Å²) in [6.45, 7) is 1.85. The highest BCUT2D eigenvalue weighted by Crippen LogP contribution is 2.29. The molecule has 27 heavy (non-hydrogen) atoms. The fraction of sp³-hybridized carbons (Fsp3) is 0.250. The zero-order valence-electron chi connectivity index (χ0n) is 15.6. The van der Waals surface area contributed by atoms with Crippen LogP contribution in [0.4, 0.5) is 0 Å². The lowest BCUT2D eigenvalue weighted by Crippen LogP contribution is -2.31. The van der Waals surface area contributed by atoms with E-state index >= 15 is 0 Å². The van der Waals surface area contributed by atoms with E-state index in [4.69, 9.17) is 9.47 Å². The van der Waals surface area contributed by atoms with Crippen LogP contribution in [-0.2, 0) is 7.05 Å². The second-order valence-electron chi connectivity index (χ2n) is 6.13. The van der Waals surface area contributed by atoms with E-state index in [2.05, 4.69) is 10.4 Å². The minimum atomic E-state index is -0.376. The first-order valence-electron chi connectivity index (χ1n) is 8.45. The van der Waals surface area contributed by atoms with Crippen LogP contribution in [0.1, 0.15) is 29.0 Å². The van der Waals surface area contributed by atoms with Crippen molar-refractivity contribution >= 4 is 16.7 Å². The van der Waals surface area contributed by atoms with Crippen LogP contribution < -0.4 is 20.3 Å². The Morgan fingerprint density at radius 1 is 1.11 bits per heavy atom. The number of hydrogen-bond donors (Lipinski definition) is 1. The topological polar surface area (TPSA) is 82.4 Å². The lowest BCUT2D eigenvalue weighted by Gasteiger charge is -2.18. The van der Waals surface area contributed by atoms with Gasteiger partial charge in [0.05, 0.1) is 25.6 Å². The van der Waals surface area contributed by atoms with E-state index in [1.54, 1.807) is 50.6 Å². The molecule has 7 heteroatoms. The fourth-order valence-corrected chi connectivity index (χ4v) is 2.99. The van der Waals surface area contributed by atoms with Gasteiger partial charge in [0.2, 0.25) is 0 Å². The molecule has 0 unspecified atom stereocenters. The summed E-state index contributed by atoms with van der Waals surface area (Å²) in [5.74, 6) is 0.929. The molecule has 3 aromatic rings. The number of amides is 1. The standard InChI is InChI=1S/C20H21N3O4/c1-12(16-11-13(26-3)9-10-17(16)27-4)21-19(24)18-14-7-5-6-8-15(14)20(25)23(2)22-18/h5-12H,1-4H3,(H,21,24)/t12-/m0/s1. The van der Waals surface area contributed by atoms with Gasteiger partial charge in [-0.3, -0.25) is 9.59 Å². The van der Waals surface area contributed by atoms with E-state index in [9.17, 15) is 9.59 Å². The quantitative estimate of drug-likeness (QED) is 0.749. The molecule has 0 spiro atoms. The van der Waals surface area contributed by atoms with Crippen LogP contribution in [0.15, 0.2) is 47.3 Å². The highest BCUT2D eigenvalue weighted by atomic mass is 16.5. The zero-order chi connectivity index (χ0) is 19.6. The largest absolute Gasteiger partial charge is 0.497 e. The van der Waals surface area contributed by atoms with Crippen molar-refractivity contribution in [2.75, 3.05) is 14.2 Å². The molecule has 0 aliphatic rings. The number of nitrogens with one attached hydrogen (secondary N) is 1. The summed E-state index contributed by atoms with van der Waals surface area (Å²) in [6, 6.07) is 12.0. The Balaban J connectivity index is 1.98. The molecule has 1 N–H and O–H groups in total. The summed E-state index contributed by atoms with van der Waals surface area (Å²) in [4.78, 5) is 25.1. The van der Waals surface area contributed by atoms with Gasteiger partial charge in [0, 0.05) is 18.0 Å². The fourth-order valence-electron chi connectivity index (χ4n) is 2.99. The molecule has 0 radical (unpaired) electrons. The van der Waals surface area contributed by atoms with Crippen molar-refractivity contribution in [1.82, 2.24) is 15.1 Å². The Labute approximate surface area is 156 Å². The summed E-state index contributed by atoms with van der Waals surface area (Å²) in [5, 5.41) is 8.05.